The molecule has 134 valence electrons. The third-order valence-electron chi connectivity index (χ3n) is 5.45. The van der Waals surface area contributed by atoms with Gasteiger partial charge in [-0.3, -0.25) is 9.69 Å². The van der Waals surface area contributed by atoms with E-state index in [0.717, 1.165) is 55.5 Å². The number of hydrogen-bond acceptors (Lipinski definition) is 4. The van der Waals surface area contributed by atoms with Crippen LogP contribution in [0.4, 0.5) is 0 Å². The number of amides is 1. The number of hydrogen-bond donors (Lipinski definition) is 0. The van der Waals surface area contributed by atoms with Crippen molar-refractivity contribution < 1.29 is 4.79 Å². The van der Waals surface area contributed by atoms with E-state index in [2.05, 4.69) is 39.5 Å². The van der Waals surface area contributed by atoms with Crippen LogP contribution in [0.2, 0.25) is 0 Å². The van der Waals surface area contributed by atoms with Gasteiger partial charge in [-0.25, -0.2) is 4.98 Å². The van der Waals surface area contributed by atoms with Gasteiger partial charge in [0.1, 0.15) is 5.65 Å². The molecule has 1 amide bonds. The Kier molecular flexibility index (Phi) is 4.99. The van der Waals surface area contributed by atoms with Gasteiger partial charge in [0.2, 0.25) is 5.91 Å². The molecule has 4 rings (SSSR count). The second kappa shape index (κ2) is 7.38. The molecule has 1 atom stereocenters. The standard InChI is InChI=1S/C19H26N4OS/c1-15-4-2-8-23-17(13-20-19(15)23)12-18(24)22-7-3-6-21(9-10-22)16-5-11-25-14-16/h2,4,8,13,16H,3,5-7,9-12,14H2,1H3. The molecule has 25 heavy (non-hydrogen) atoms. The van der Waals surface area contributed by atoms with E-state index in [4.69, 9.17) is 0 Å². The number of nitrogens with zero attached hydrogens (tertiary/aromatic N) is 4. The van der Waals surface area contributed by atoms with Crippen LogP contribution in [-0.2, 0) is 11.2 Å². The fraction of sp³-hybridized carbons (Fsp3) is 0.579. The largest absolute Gasteiger partial charge is 0.341 e. The predicted molar refractivity (Wildman–Crippen MR) is 102 cm³/mol. The lowest BCUT2D eigenvalue weighted by Gasteiger charge is -2.26. The third-order valence-corrected chi connectivity index (χ3v) is 6.59. The molecule has 0 N–H and O–H groups in total. The molecule has 0 radical (unpaired) electrons. The Morgan fingerprint density at radius 1 is 1.32 bits per heavy atom. The second-order valence-corrected chi connectivity index (χ2v) is 8.25. The summed E-state index contributed by atoms with van der Waals surface area (Å²) in [6.07, 6.45) is 6.67. The number of carbonyl (C=O) groups is 1. The molecule has 0 spiro atoms. The van der Waals surface area contributed by atoms with E-state index in [0.29, 0.717) is 6.42 Å². The van der Waals surface area contributed by atoms with Crippen molar-refractivity contribution in [3.05, 3.63) is 35.8 Å². The van der Waals surface area contributed by atoms with Gasteiger partial charge in [-0.15, -0.1) is 0 Å². The maximum absolute atomic E-state index is 12.8. The zero-order valence-electron chi connectivity index (χ0n) is 14.9. The Morgan fingerprint density at radius 2 is 2.24 bits per heavy atom. The summed E-state index contributed by atoms with van der Waals surface area (Å²) in [7, 11) is 0. The van der Waals surface area contributed by atoms with E-state index >= 15 is 0 Å². The average molecular weight is 359 g/mol. The molecule has 2 aliphatic heterocycles. The SMILES string of the molecule is Cc1cccn2c(CC(=O)N3CCCN(C4CCSC4)CC3)cnc12. The van der Waals surface area contributed by atoms with E-state index in [1.807, 2.05) is 22.9 Å². The molecule has 2 aromatic heterocycles. The maximum atomic E-state index is 12.8. The van der Waals surface area contributed by atoms with Gasteiger partial charge in [0.25, 0.3) is 0 Å². The summed E-state index contributed by atoms with van der Waals surface area (Å²) in [5.74, 6) is 2.78. The molecule has 2 aliphatic rings. The Labute approximate surface area is 153 Å². The van der Waals surface area contributed by atoms with Crippen molar-refractivity contribution in [2.75, 3.05) is 37.7 Å². The summed E-state index contributed by atoms with van der Waals surface area (Å²) in [5.41, 5.74) is 3.07. The summed E-state index contributed by atoms with van der Waals surface area (Å²) < 4.78 is 2.05. The molecule has 0 aromatic carbocycles. The highest BCUT2D eigenvalue weighted by Gasteiger charge is 2.26. The Balaban J connectivity index is 1.41. The zero-order chi connectivity index (χ0) is 17.2. The minimum absolute atomic E-state index is 0.228. The lowest BCUT2D eigenvalue weighted by molar-refractivity contribution is -0.130. The highest BCUT2D eigenvalue weighted by molar-refractivity contribution is 7.99. The lowest BCUT2D eigenvalue weighted by Crippen LogP contribution is -2.40. The quantitative estimate of drug-likeness (QED) is 0.844. The smallest absolute Gasteiger partial charge is 0.228 e. The number of aryl methyl sites for hydroxylation is 1. The summed E-state index contributed by atoms with van der Waals surface area (Å²) in [5, 5.41) is 0. The van der Waals surface area contributed by atoms with Crippen LogP contribution in [0.1, 0.15) is 24.1 Å². The average Bonchev–Trinajstić information content (AvgIpc) is 3.21. The summed E-state index contributed by atoms with van der Waals surface area (Å²) in [6.45, 7) is 5.94. The van der Waals surface area contributed by atoms with Crippen LogP contribution in [0.3, 0.4) is 0 Å². The van der Waals surface area contributed by atoms with Crippen molar-refractivity contribution in [1.29, 1.82) is 0 Å². The number of imidazole rings is 1. The maximum Gasteiger partial charge on any atom is 0.228 e. The predicted octanol–water partition coefficient (Wildman–Crippen LogP) is 2.23. The highest BCUT2D eigenvalue weighted by atomic mass is 32.2. The van der Waals surface area contributed by atoms with Crippen molar-refractivity contribution in [3.63, 3.8) is 0 Å². The molecule has 0 saturated carbocycles. The Bertz CT molecular complexity index is 753. The van der Waals surface area contributed by atoms with Crippen LogP contribution in [0, 0.1) is 6.92 Å². The van der Waals surface area contributed by atoms with Gasteiger partial charge in [0.15, 0.2) is 0 Å². The first-order chi connectivity index (χ1) is 12.2. The van der Waals surface area contributed by atoms with Crippen LogP contribution in [0.25, 0.3) is 5.65 Å². The van der Waals surface area contributed by atoms with E-state index in [1.165, 1.54) is 17.9 Å². The first-order valence-electron chi connectivity index (χ1n) is 9.23. The topological polar surface area (TPSA) is 40.9 Å². The zero-order valence-corrected chi connectivity index (χ0v) is 15.7. The van der Waals surface area contributed by atoms with E-state index in [-0.39, 0.29) is 5.91 Å². The summed E-state index contributed by atoms with van der Waals surface area (Å²) >= 11 is 2.06. The van der Waals surface area contributed by atoms with Gasteiger partial charge >= 0.3 is 0 Å². The van der Waals surface area contributed by atoms with Crippen LogP contribution >= 0.6 is 11.8 Å². The molecular formula is C19H26N4OS. The second-order valence-electron chi connectivity index (χ2n) is 7.10. The number of thioether (sulfide) groups is 1. The monoisotopic (exact) mass is 358 g/mol. The molecule has 2 fully saturated rings. The van der Waals surface area contributed by atoms with Gasteiger partial charge in [-0.1, -0.05) is 6.07 Å². The van der Waals surface area contributed by atoms with Gasteiger partial charge < -0.3 is 9.30 Å². The van der Waals surface area contributed by atoms with Gasteiger partial charge in [0.05, 0.1) is 12.1 Å². The minimum Gasteiger partial charge on any atom is -0.341 e. The molecule has 2 aromatic rings. The van der Waals surface area contributed by atoms with Crippen molar-refractivity contribution in [1.82, 2.24) is 19.2 Å². The number of pyridine rings is 1. The molecule has 2 saturated heterocycles. The number of fused-ring (bicyclic) bond motifs is 1. The van der Waals surface area contributed by atoms with Crippen LogP contribution < -0.4 is 0 Å². The molecule has 5 nitrogen and oxygen atoms in total. The third kappa shape index (κ3) is 3.55. The van der Waals surface area contributed by atoms with Gasteiger partial charge in [0, 0.05) is 50.4 Å². The van der Waals surface area contributed by atoms with Crippen molar-refractivity contribution in [3.8, 4) is 0 Å². The number of aromatic nitrogens is 2. The Hall–Kier alpha value is -1.53. The fourth-order valence-corrected chi connectivity index (χ4v) is 5.22. The van der Waals surface area contributed by atoms with Crippen molar-refractivity contribution >= 4 is 23.3 Å². The van der Waals surface area contributed by atoms with E-state index in [9.17, 15) is 4.79 Å². The molecule has 0 bridgehead atoms. The highest BCUT2D eigenvalue weighted by Crippen LogP contribution is 2.23. The van der Waals surface area contributed by atoms with Crippen LogP contribution in [-0.4, -0.2) is 68.8 Å². The van der Waals surface area contributed by atoms with Crippen molar-refractivity contribution in [2.24, 2.45) is 0 Å². The fourth-order valence-electron chi connectivity index (χ4n) is 3.96. The van der Waals surface area contributed by atoms with E-state index < -0.39 is 0 Å². The lowest BCUT2D eigenvalue weighted by atomic mass is 10.2. The summed E-state index contributed by atoms with van der Waals surface area (Å²) in [6, 6.07) is 4.79. The number of carbonyl (C=O) groups excluding carboxylic acids is 1. The molecule has 6 heteroatoms. The molecular weight excluding hydrogens is 332 g/mol. The number of rotatable bonds is 3. The minimum atomic E-state index is 0.228. The summed E-state index contributed by atoms with van der Waals surface area (Å²) in [4.78, 5) is 22.0. The van der Waals surface area contributed by atoms with Gasteiger partial charge in [-0.2, -0.15) is 11.8 Å². The van der Waals surface area contributed by atoms with Crippen LogP contribution in [0.15, 0.2) is 24.5 Å². The van der Waals surface area contributed by atoms with E-state index in [1.54, 1.807) is 0 Å². The van der Waals surface area contributed by atoms with Crippen LogP contribution in [0.5, 0.6) is 0 Å². The van der Waals surface area contributed by atoms with Crippen molar-refractivity contribution in [2.45, 2.75) is 32.2 Å². The first kappa shape index (κ1) is 16.9. The molecule has 0 aliphatic carbocycles. The van der Waals surface area contributed by atoms with Gasteiger partial charge in [-0.05, 0) is 37.1 Å². The Morgan fingerprint density at radius 3 is 3.08 bits per heavy atom. The molecule has 1 unspecified atom stereocenters. The normalized spacial score (nSPS) is 22.4. The molecule has 4 heterocycles. The first-order valence-corrected chi connectivity index (χ1v) is 10.4.